The molecule has 2 fully saturated rings. The molecule has 1 heterocycles. The number of nitrogens with zero attached hydrogens (tertiary/aromatic N) is 2. The third kappa shape index (κ3) is 4.97. The SMILES string of the molecule is CCCN1CCC(CN=C(NCC)NC2CCCC2)C1. The van der Waals surface area contributed by atoms with Crippen LogP contribution in [0.25, 0.3) is 0 Å². The van der Waals surface area contributed by atoms with E-state index in [1.54, 1.807) is 0 Å². The first kappa shape index (κ1) is 15.6. The van der Waals surface area contributed by atoms with Gasteiger partial charge in [0.25, 0.3) is 0 Å². The zero-order chi connectivity index (χ0) is 14.2. The molecular weight excluding hydrogens is 248 g/mol. The van der Waals surface area contributed by atoms with Crippen LogP contribution in [0.3, 0.4) is 0 Å². The van der Waals surface area contributed by atoms with Crippen LogP contribution in [0.1, 0.15) is 52.4 Å². The second-order valence-corrected chi connectivity index (χ2v) is 6.30. The van der Waals surface area contributed by atoms with Crippen molar-refractivity contribution in [1.82, 2.24) is 15.5 Å². The molecule has 4 heteroatoms. The summed E-state index contributed by atoms with van der Waals surface area (Å²) >= 11 is 0. The van der Waals surface area contributed by atoms with E-state index in [-0.39, 0.29) is 0 Å². The molecule has 1 aliphatic heterocycles. The molecule has 4 nitrogen and oxygen atoms in total. The molecule has 116 valence electrons. The molecule has 0 radical (unpaired) electrons. The first-order valence-electron chi connectivity index (χ1n) is 8.59. The largest absolute Gasteiger partial charge is 0.357 e. The van der Waals surface area contributed by atoms with Crippen molar-refractivity contribution in [2.75, 3.05) is 32.7 Å². The fourth-order valence-electron chi connectivity index (χ4n) is 3.39. The lowest BCUT2D eigenvalue weighted by molar-refractivity contribution is 0.326. The van der Waals surface area contributed by atoms with Gasteiger partial charge in [-0.1, -0.05) is 19.8 Å². The lowest BCUT2D eigenvalue weighted by Crippen LogP contribution is -2.42. The van der Waals surface area contributed by atoms with Gasteiger partial charge >= 0.3 is 0 Å². The van der Waals surface area contributed by atoms with Gasteiger partial charge in [-0.2, -0.15) is 0 Å². The molecule has 2 N–H and O–H groups in total. The molecule has 0 aromatic carbocycles. The van der Waals surface area contributed by atoms with Gasteiger partial charge in [-0.25, -0.2) is 0 Å². The summed E-state index contributed by atoms with van der Waals surface area (Å²) in [6, 6.07) is 0.646. The van der Waals surface area contributed by atoms with E-state index in [1.165, 1.54) is 58.2 Å². The van der Waals surface area contributed by atoms with Crippen molar-refractivity contribution in [2.45, 2.75) is 58.4 Å². The fourth-order valence-corrected chi connectivity index (χ4v) is 3.39. The summed E-state index contributed by atoms with van der Waals surface area (Å²) in [4.78, 5) is 7.40. The Balaban J connectivity index is 1.76. The monoisotopic (exact) mass is 280 g/mol. The third-order valence-corrected chi connectivity index (χ3v) is 4.46. The van der Waals surface area contributed by atoms with E-state index in [0.29, 0.717) is 6.04 Å². The van der Waals surface area contributed by atoms with Crippen molar-refractivity contribution in [3.63, 3.8) is 0 Å². The molecule has 1 unspecified atom stereocenters. The molecule has 1 aliphatic carbocycles. The standard InChI is InChI=1S/C16H32N4/c1-3-10-20-11-9-14(13-20)12-18-16(17-4-2)19-15-7-5-6-8-15/h14-15H,3-13H2,1-2H3,(H2,17,18,19). The van der Waals surface area contributed by atoms with Gasteiger partial charge in [0, 0.05) is 25.7 Å². The topological polar surface area (TPSA) is 39.7 Å². The number of likely N-dealkylation sites (tertiary alicyclic amines) is 1. The number of nitrogens with one attached hydrogen (secondary N) is 2. The highest BCUT2D eigenvalue weighted by Gasteiger charge is 2.22. The summed E-state index contributed by atoms with van der Waals surface area (Å²) in [6.07, 6.45) is 7.92. The summed E-state index contributed by atoms with van der Waals surface area (Å²) in [5.74, 6) is 1.79. The van der Waals surface area contributed by atoms with Crippen molar-refractivity contribution >= 4 is 5.96 Å². The minimum Gasteiger partial charge on any atom is -0.357 e. The molecule has 2 aliphatic rings. The lowest BCUT2D eigenvalue weighted by atomic mass is 10.1. The first-order chi connectivity index (χ1) is 9.81. The van der Waals surface area contributed by atoms with E-state index >= 15 is 0 Å². The number of rotatable bonds is 6. The van der Waals surface area contributed by atoms with Gasteiger partial charge in [0.1, 0.15) is 0 Å². The lowest BCUT2D eigenvalue weighted by Gasteiger charge is -2.18. The Morgan fingerprint density at radius 1 is 1.20 bits per heavy atom. The maximum atomic E-state index is 4.82. The Morgan fingerprint density at radius 2 is 2.00 bits per heavy atom. The highest BCUT2D eigenvalue weighted by Crippen LogP contribution is 2.18. The summed E-state index contributed by atoms with van der Waals surface area (Å²) < 4.78 is 0. The van der Waals surface area contributed by atoms with Crippen LogP contribution in [0.15, 0.2) is 4.99 Å². The van der Waals surface area contributed by atoms with Gasteiger partial charge in [0.2, 0.25) is 0 Å². The van der Waals surface area contributed by atoms with E-state index in [2.05, 4.69) is 29.4 Å². The van der Waals surface area contributed by atoms with E-state index in [0.717, 1.165) is 25.0 Å². The van der Waals surface area contributed by atoms with Crippen LogP contribution in [0.4, 0.5) is 0 Å². The molecule has 1 atom stereocenters. The number of aliphatic imine (C=N–C) groups is 1. The third-order valence-electron chi connectivity index (χ3n) is 4.46. The highest BCUT2D eigenvalue weighted by molar-refractivity contribution is 5.80. The zero-order valence-electron chi connectivity index (χ0n) is 13.3. The number of hydrogen-bond acceptors (Lipinski definition) is 2. The normalized spacial score (nSPS) is 25.3. The Bertz CT molecular complexity index is 297. The second kappa shape index (κ2) is 8.50. The molecule has 0 bridgehead atoms. The predicted octanol–water partition coefficient (Wildman–Crippen LogP) is 2.22. The molecular formula is C16H32N4. The molecule has 0 aromatic heterocycles. The summed E-state index contributed by atoms with van der Waals surface area (Å²) in [5, 5.41) is 7.00. The van der Waals surface area contributed by atoms with Crippen LogP contribution >= 0.6 is 0 Å². The fraction of sp³-hybridized carbons (Fsp3) is 0.938. The van der Waals surface area contributed by atoms with Gasteiger partial charge in [0.05, 0.1) is 0 Å². The van der Waals surface area contributed by atoms with Crippen LogP contribution in [-0.2, 0) is 0 Å². The number of hydrogen-bond donors (Lipinski definition) is 2. The van der Waals surface area contributed by atoms with Crippen molar-refractivity contribution in [3.05, 3.63) is 0 Å². The van der Waals surface area contributed by atoms with Crippen molar-refractivity contribution in [1.29, 1.82) is 0 Å². The van der Waals surface area contributed by atoms with Crippen LogP contribution in [0, 0.1) is 5.92 Å². The number of guanidine groups is 1. The summed E-state index contributed by atoms with van der Waals surface area (Å²) in [5.41, 5.74) is 0. The molecule has 0 spiro atoms. The minimum absolute atomic E-state index is 0.646. The highest BCUT2D eigenvalue weighted by atomic mass is 15.2. The van der Waals surface area contributed by atoms with Crippen molar-refractivity contribution in [2.24, 2.45) is 10.9 Å². The van der Waals surface area contributed by atoms with Gasteiger partial charge in [-0.05, 0) is 51.6 Å². The maximum Gasteiger partial charge on any atom is 0.191 e. The summed E-state index contributed by atoms with van der Waals surface area (Å²) in [7, 11) is 0. The maximum absolute atomic E-state index is 4.82. The minimum atomic E-state index is 0.646. The molecule has 20 heavy (non-hydrogen) atoms. The average molecular weight is 280 g/mol. The molecule has 0 amide bonds. The molecule has 1 saturated heterocycles. The van der Waals surface area contributed by atoms with Crippen LogP contribution in [0.5, 0.6) is 0 Å². The Morgan fingerprint density at radius 3 is 2.70 bits per heavy atom. The molecule has 2 rings (SSSR count). The Labute approximate surface area is 124 Å². The Kier molecular flexibility index (Phi) is 6.64. The molecule has 0 aromatic rings. The average Bonchev–Trinajstić information content (AvgIpc) is 3.08. The van der Waals surface area contributed by atoms with Crippen molar-refractivity contribution < 1.29 is 0 Å². The van der Waals surface area contributed by atoms with E-state index in [9.17, 15) is 0 Å². The second-order valence-electron chi connectivity index (χ2n) is 6.30. The van der Waals surface area contributed by atoms with Gasteiger partial charge in [0.15, 0.2) is 5.96 Å². The predicted molar refractivity (Wildman–Crippen MR) is 86.2 cm³/mol. The van der Waals surface area contributed by atoms with E-state index in [1.807, 2.05) is 0 Å². The van der Waals surface area contributed by atoms with Gasteiger partial charge < -0.3 is 15.5 Å². The van der Waals surface area contributed by atoms with Crippen LogP contribution < -0.4 is 10.6 Å². The summed E-state index contributed by atoms with van der Waals surface area (Å²) in [6.45, 7) is 10.1. The first-order valence-corrected chi connectivity index (χ1v) is 8.59. The van der Waals surface area contributed by atoms with Gasteiger partial charge in [-0.15, -0.1) is 0 Å². The smallest absolute Gasteiger partial charge is 0.191 e. The Hall–Kier alpha value is -0.770. The van der Waals surface area contributed by atoms with Crippen molar-refractivity contribution in [3.8, 4) is 0 Å². The quantitative estimate of drug-likeness (QED) is 0.579. The molecule has 1 saturated carbocycles. The van der Waals surface area contributed by atoms with Crippen LogP contribution in [-0.4, -0.2) is 49.6 Å². The van der Waals surface area contributed by atoms with Gasteiger partial charge in [-0.3, -0.25) is 4.99 Å². The van der Waals surface area contributed by atoms with E-state index < -0.39 is 0 Å². The zero-order valence-corrected chi connectivity index (χ0v) is 13.3. The van der Waals surface area contributed by atoms with Crippen LogP contribution in [0.2, 0.25) is 0 Å². The van der Waals surface area contributed by atoms with E-state index in [4.69, 9.17) is 4.99 Å².